The van der Waals surface area contributed by atoms with Gasteiger partial charge in [0, 0.05) is 23.2 Å². The number of carbonyl (C=O) groups excluding carboxylic acids is 2. The van der Waals surface area contributed by atoms with Crippen molar-refractivity contribution in [3.05, 3.63) is 70.2 Å². The second kappa shape index (κ2) is 7.96. The molecule has 1 fully saturated rings. The number of halogens is 1. The summed E-state index contributed by atoms with van der Waals surface area (Å²) in [6, 6.07) is 15.0. The quantitative estimate of drug-likeness (QED) is 0.769. The van der Waals surface area contributed by atoms with Crippen molar-refractivity contribution in [1.82, 2.24) is 10.2 Å². The van der Waals surface area contributed by atoms with Crippen molar-refractivity contribution in [3.8, 4) is 0 Å². The van der Waals surface area contributed by atoms with Crippen molar-refractivity contribution >= 4 is 23.4 Å². The maximum atomic E-state index is 13.4. The van der Waals surface area contributed by atoms with E-state index in [1.165, 1.54) is 0 Å². The predicted molar refractivity (Wildman–Crippen MR) is 110 cm³/mol. The molecule has 4 nitrogen and oxygen atoms in total. The molecule has 1 aliphatic heterocycles. The number of amides is 2. The van der Waals surface area contributed by atoms with E-state index in [4.69, 9.17) is 11.6 Å². The van der Waals surface area contributed by atoms with Crippen LogP contribution >= 0.6 is 11.6 Å². The third kappa shape index (κ3) is 3.66. The summed E-state index contributed by atoms with van der Waals surface area (Å²) in [6.45, 7) is 2.72. The monoisotopic (exact) mass is 396 g/mol. The van der Waals surface area contributed by atoms with Gasteiger partial charge < -0.3 is 10.2 Å². The van der Waals surface area contributed by atoms with E-state index in [0.29, 0.717) is 17.1 Å². The van der Waals surface area contributed by atoms with Crippen LogP contribution in [0.5, 0.6) is 0 Å². The van der Waals surface area contributed by atoms with Crippen LogP contribution in [0.15, 0.2) is 48.5 Å². The molecule has 0 unspecified atom stereocenters. The minimum atomic E-state index is -0.440. The minimum Gasteiger partial charge on any atom is -0.353 e. The number of carbonyl (C=O) groups is 2. The number of rotatable bonds is 6. The Hall–Kier alpha value is -2.33. The summed E-state index contributed by atoms with van der Waals surface area (Å²) in [5, 5.41) is 3.77. The van der Waals surface area contributed by atoms with Crippen LogP contribution in [0.4, 0.5) is 0 Å². The van der Waals surface area contributed by atoms with Crippen LogP contribution in [-0.4, -0.2) is 29.3 Å². The van der Waals surface area contributed by atoms with Crippen molar-refractivity contribution < 1.29 is 9.59 Å². The minimum absolute atomic E-state index is 0.00563. The van der Waals surface area contributed by atoms with Crippen LogP contribution in [0.1, 0.15) is 66.1 Å². The van der Waals surface area contributed by atoms with E-state index < -0.39 is 5.92 Å². The first-order valence-corrected chi connectivity index (χ1v) is 10.4. The van der Waals surface area contributed by atoms with Crippen molar-refractivity contribution in [2.45, 2.75) is 50.6 Å². The Bertz CT molecular complexity index is 894. The lowest BCUT2D eigenvalue weighted by molar-refractivity contribution is -0.124. The maximum Gasteiger partial charge on any atom is 0.254 e. The lowest BCUT2D eigenvalue weighted by Gasteiger charge is -2.42. The molecule has 1 aliphatic carbocycles. The Morgan fingerprint density at radius 2 is 1.96 bits per heavy atom. The molecule has 28 heavy (non-hydrogen) atoms. The summed E-state index contributed by atoms with van der Waals surface area (Å²) >= 11 is 6.27. The van der Waals surface area contributed by atoms with E-state index in [1.54, 1.807) is 0 Å². The van der Waals surface area contributed by atoms with Crippen molar-refractivity contribution in [3.63, 3.8) is 0 Å². The highest BCUT2D eigenvalue weighted by Crippen LogP contribution is 2.43. The molecule has 0 saturated heterocycles. The Kier molecular flexibility index (Phi) is 5.40. The number of nitrogens with zero attached hydrogens (tertiary/aromatic N) is 1. The lowest BCUT2D eigenvalue weighted by atomic mass is 9.79. The molecule has 0 spiro atoms. The number of hydrogen-bond acceptors (Lipinski definition) is 2. The molecule has 2 aromatic rings. The lowest BCUT2D eigenvalue weighted by Crippen LogP contribution is -2.48. The van der Waals surface area contributed by atoms with Gasteiger partial charge in [-0.15, -0.1) is 0 Å². The maximum absolute atomic E-state index is 13.4. The zero-order valence-electron chi connectivity index (χ0n) is 16.0. The number of hydrogen-bond donors (Lipinski definition) is 1. The van der Waals surface area contributed by atoms with Crippen LogP contribution in [0.3, 0.4) is 0 Å². The van der Waals surface area contributed by atoms with Crippen molar-refractivity contribution in [2.24, 2.45) is 0 Å². The fourth-order valence-electron chi connectivity index (χ4n) is 4.03. The van der Waals surface area contributed by atoms with E-state index in [0.717, 1.165) is 36.8 Å². The molecular weight excluding hydrogens is 372 g/mol. The van der Waals surface area contributed by atoms with E-state index in [1.807, 2.05) is 53.4 Å². The molecule has 146 valence electrons. The molecular formula is C23H25ClN2O2. The van der Waals surface area contributed by atoms with E-state index in [9.17, 15) is 9.59 Å². The van der Waals surface area contributed by atoms with Gasteiger partial charge in [-0.3, -0.25) is 9.59 Å². The third-order valence-electron chi connectivity index (χ3n) is 5.59. The molecule has 1 heterocycles. The molecule has 0 bridgehead atoms. The summed E-state index contributed by atoms with van der Waals surface area (Å²) in [5.74, 6) is -0.455. The van der Waals surface area contributed by atoms with Gasteiger partial charge >= 0.3 is 0 Å². The van der Waals surface area contributed by atoms with E-state index in [-0.39, 0.29) is 23.9 Å². The summed E-state index contributed by atoms with van der Waals surface area (Å²) in [4.78, 5) is 28.5. The number of nitrogens with one attached hydrogen (secondary N) is 1. The first kappa shape index (κ1) is 19.0. The molecule has 4 rings (SSSR count). The smallest absolute Gasteiger partial charge is 0.254 e. The summed E-state index contributed by atoms with van der Waals surface area (Å²) in [7, 11) is 0. The largest absolute Gasteiger partial charge is 0.353 e. The predicted octanol–water partition coefficient (Wildman–Crippen LogP) is 4.70. The summed E-state index contributed by atoms with van der Waals surface area (Å²) in [5.41, 5.74) is 2.35. The van der Waals surface area contributed by atoms with Crippen LogP contribution in [0.2, 0.25) is 5.02 Å². The van der Waals surface area contributed by atoms with Crippen LogP contribution < -0.4 is 5.32 Å². The highest BCUT2D eigenvalue weighted by molar-refractivity contribution is 6.30. The SMILES string of the molecule is CCCCN1C(=O)c2ccccc2[C@H](C(=O)NC2CC2)[C@H]1c1cccc(Cl)c1. The highest BCUT2D eigenvalue weighted by Gasteiger charge is 2.44. The van der Waals surface area contributed by atoms with Gasteiger partial charge in [-0.25, -0.2) is 0 Å². The van der Waals surface area contributed by atoms with Gasteiger partial charge in [0.05, 0.1) is 12.0 Å². The molecule has 2 atom stereocenters. The van der Waals surface area contributed by atoms with Gasteiger partial charge in [0.25, 0.3) is 5.91 Å². The fraction of sp³-hybridized carbons (Fsp3) is 0.391. The first-order valence-electron chi connectivity index (χ1n) is 10.1. The van der Waals surface area contributed by atoms with Crippen LogP contribution in [-0.2, 0) is 4.79 Å². The molecule has 5 heteroatoms. The van der Waals surface area contributed by atoms with Crippen LogP contribution in [0, 0.1) is 0 Å². The molecule has 2 aromatic carbocycles. The van der Waals surface area contributed by atoms with Gasteiger partial charge in [-0.2, -0.15) is 0 Å². The van der Waals surface area contributed by atoms with Crippen molar-refractivity contribution in [1.29, 1.82) is 0 Å². The van der Waals surface area contributed by atoms with Gasteiger partial charge in [-0.05, 0) is 48.6 Å². The normalized spacial score (nSPS) is 21.4. The standard InChI is InChI=1S/C23H25ClN2O2/c1-2-3-13-26-21(15-7-6-8-16(24)14-15)20(22(27)25-17-11-12-17)18-9-4-5-10-19(18)23(26)28/h4-10,14,17,20-21H,2-3,11-13H2,1H3,(H,25,27)/t20-,21+/m0/s1. The number of benzene rings is 2. The molecule has 1 saturated carbocycles. The molecule has 1 N–H and O–H groups in total. The molecule has 0 aromatic heterocycles. The Labute approximate surface area is 170 Å². The van der Waals surface area contributed by atoms with Gasteiger partial charge in [-0.1, -0.05) is 55.3 Å². The van der Waals surface area contributed by atoms with Gasteiger partial charge in [0.15, 0.2) is 0 Å². The van der Waals surface area contributed by atoms with Gasteiger partial charge in [0.1, 0.15) is 0 Å². The summed E-state index contributed by atoms with van der Waals surface area (Å²) in [6.07, 6.45) is 3.93. The molecule has 2 amide bonds. The number of unbranched alkanes of at least 4 members (excludes halogenated alkanes) is 1. The van der Waals surface area contributed by atoms with E-state index in [2.05, 4.69) is 12.2 Å². The van der Waals surface area contributed by atoms with Gasteiger partial charge in [0.2, 0.25) is 5.91 Å². The van der Waals surface area contributed by atoms with Crippen LogP contribution in [0.25, 0.3) is 0 Å². The fourth-order valence-corrected chi connectivity index (χ4v) is 4.23. The summed E-state index contributed by atoms with van der Waals surface area (Å²) < 4.78 is 0. The zero-order valence-corrected chi connectivity index (χ0v) is 16.8. The molecule has 2 aliphatic rings. The first-order chi connectivity index (χ1) is 13.6. The average molecular weight is 397 g/mol. The van der Waals surface area contributed by atoms with E-state index >= 15 is 0 Å². The Morgan fingerprint density at radius 1 is 1.18 bits per heavy atom. The molecule has 0 radical (unpaired) electrons. The number of fused-ring (bicyclic) bond motifs is 1. The highest BCUT2D eigenvalue weighted by atomic mass is 35.5. The van der Waals surface area contributed by atoms with Crippen molar-refractivity contribution in [2.75, 3.05) is 6.54 Å². The Balaban J connectivity index is 1.84. The topological polar surface area (TPSA) is 49.4 Å². The second-order valence-electron chi connectivity index (χ2n) is 7.70. The third-order valence-corrected chi connectivity index (χ3v) is 5.82. The average Bonchev–Trinajstić information content (AvgIpc) is 3.51. The second-order valence-corrected chi connectivity index (χ2v) is 8.14. The Morgan fingerprint density at radius 3 is 2.68 bits per heavy atom. The zero-order chi connectivity index (χ0) is 19.7.